The molecule has 0 atom stereocenters. The van der Waals surface area contributed by atoms with E-state index >= 15 is 0 Å². The lowest BCUT2D eigenvalue weighted by Crippen LogP contribution is -2.34. The molecule has 0 spiro atoms. The molecule has 0 unspecified atom stereocenters. The number of benzene rings is 1. The van der Waals surface area contributed by atoms with Crippen molar-refractivity contribution in [3.8, 4) is 0 Å². The van der Waals surface area contributed by atoms with E-state index in [9.17, 15) is 9.59 Å². The Balaban J connectivity index is 2.74. The molecule has 0 heterocycles. The zero-order valence-electron chi connectivity index (χ0n) is 9.97. The van der Waals surface area contributed by atoms with E-state index in [0.717, 1.165) is 5.56 Å². The van der Waals surface area contributed by atoms with Gasteiger partial charge in [0.1, 0.15) is 6.54 Å². The highest BCUT2D eigenvalue weighted by Gasteiger charge is 2.11. The molecular formula is C13H14ClNO3. The smallest absolute Gasteiger partial charge is 0.323 e. The summed E-state index contributed by atoms with van der Waals surface area (Å²) in [6.45, 7) is 1.77. The largest absolute Gasteiger partial charge is 0.480 e. The highest BCUT2D eigenvalue weighted by Crippen LogP contribution is 2.16. The molecule has 0 bridgehead atoms. The molecule has 0 radical (unpaired) electrons. The molecule has 96 valence electrons. The fourth-order valence-electron chi connectivity index (χ4n) is 1.39. The first kappa shape index (κ1) is 14.3. The molecule has 18 heavy (non-hydrogen) atoms. The molecule has 0 aliphatic rings. The maximum absolute atomic E-state index is 11.7. The summed E-state index contributed by atoms with van der Waals surface area (Å²) in [6.07, 6.45) is 2.91. The van der Waals surface area contributed by atoms with Gasteiger partial charge < -0.3 is 10.0 Å². The van der Waals surface area contributed by atoms with E-state index in [1.165, 1.54) is 11.0 Å². The third-order valence-electron chi connectivity index (χ3n) is 2.33. The van der Waals surface area contributed by atoms with E-state index in [2.05, 4.69) is 0 Å². The minimum Gasteiger partial charge on any atom is -0.480 e. The Morgan fingerprint density at radius 1 is 1.39 bits per heavy atom. The van der Waals surface area contributed by atoms with Crippen LogP contribution in [0, 0.1) is 0 Å². The summed E-state index contributed by atoms with van der Waals surface area (Å²) in [5, 5.41) is 9.20. The third kappa shape index (κ3) is 4.22. The summed E-state index contributed by atoms with van der Waals surface area (Å²) in [6, 6.07) is 7.11. The minimum absolute atomic E-state index is 0.303. The first-order valence-corrected chi connectivity index (χ1v) is 5.85. The predicted octanol–water partition coefficient (Wildman–Crippen LogP) is 2.29. The maximum Gasteiger partial charge on any atom is 0.323 e. The van der Waals surface area contributed by atoms with Gasteiger partial charge in [-0.05, 0) is 24.6 Å². The van der Waals surface area contributed by atoms with Gasteiger partial charge in [0.05, 0.1) is 0 Å². The van der Waals surface area contributed by atoms with Crippen molar-refractivity contribution in [3.05, 3.63) is 40.9 Å². The Hall–Kier alpha value is -1.81. The number of carboxylic acids is 1. The van der Waals surface area contributed by atoms with Crippen molar-refractivity contribution in [2.24, 2.45) is 0 Å². The van der Waals surface area contributed by atoms with Gasteiger partial charge in [-0.3, -0.25) is 9.59 Å². The molecule has 0 aliphatic heterocycles. The molecule has 0 aliphatic carbocycles. The van der Waals surface area contributed by atoms with E-state index in [-0.39, 0.29) is 12.5 Å². The molecule has 1 aromatic rings. The van der Waals surface area contributed by atoms with Crippen LogP contribution in [-0.4, -0.2) is 35.0 Å². The lowest BCUT2D eigenvalue weighted by molar-refractivity contribution is -0.142. The number of rotatable bonds is 5. The first-order chi connectivity index (χ1) is 8.54. The van der Waals surface area contributed by atoms with Crippen LogP contribution in [0.4, 0.5) is 0 Å². The van der Waals surface area contributed by atoms with Crippen LogP contribution < -0.4 is 0 Å². The Kier molecular flexibility index (Phi) is 5.39. The normalized spacial score (nSPS) is 10.6. The Morgan fingerprint density at radius 2 is 2.06 bits per heavy atom. The van der Waals surface area contributed by atoms with Gasteiger partial charge in [-0.2, -0.15) is 0 Å². The third-order valence-corrected chi connectivity index (χ3v) is 2.67. The van der Waals surface area contributed by atoms with Crippen molar-refractivity contribution < 1.29 is 14.7 Å². The Labute approximate surface area is 110 Å². The molecule has 1 N–H and O–H groups in total. The molecule has 0 fully saturated rings. The molecule has 5 heteroatoms. The molecular weight excluding hydrogens is 254 g/mol. The second kappa shape index (κ2) is 6.81. The topological polar surface area (TPSA) is 57.6 Å². The molecule has 4 nitrogen and oxygen atoms in total. The number of carbonyl (C=O) groups is 2. The van der Waals surface area contributed by atoms with Gasteiger partial charge in [0.15, 0.2) is 0 Å². The average Bonchev–Trinajstić information content (AvgIpc) is 2.34. The van der Waals surface area contributed by atoms with Crippen LogP contribution in [0.5, 0.6) is 0 Å². The van der Waals surface area contributed by atoms with Crippen LogP contribution in [0.2, 0.25) is 5.02 Å². The second-order valence-electron chi connectivity index (χ2n) is 3.60. The zero-order chi connectivity index (χ0) is 13.5. The lowest BCUT2D eigenvalue weighted by atomic mass is 10.2. The summed E-state index contributed by atoms with van der Waals surface area (Å²) >= 11 is 5.94. The van der Waals surface area contributed by atoms with E-state index in [1.54, 1.807) is 31.2 Å². The lowest BCUT2D eigenvalue weighted by Gasteiger charge is -2.15. The van der Waals surface area contributed by atoms with E-state index in [0.29, 0.717) is 11.6 Å². The zero-order valence-corrected chi connectivity index (χ0v) is 10.7. The van der Waals surface area contributed by atoms with Crippen LogP contribution >= 0.6 is 11.6 Å². The number of carbonyl (C=O) groups excluding carboxylic acids is 1. The highest BCUT2D eigenvalue weighted by atomic mass is 35.5. The highest BCUT2D eigenvalue weighted by molar-refractivity contribution is 6.32. The molecule has 1 rings (SSSR count). The fourth-order valence-corrected chi connectivity index (χ4v) is 1.58. The summed E-state index contributed by atoms with van der Waals surface area (Å²) in [7, 11) is 0. The number of aliphatic carboxylic acids is 1. The summed E-state index contributed by atoms with van der Waals surface area (Å²) in [4.78, 5) is 23.5. The second-order valence-corrected chi connectivity index (χ2v) is 4.01. The average molecular weight is 268 g/mol. The first-order valence-electron chi connectivity index (χ1n) is 5.48. The van der Waals surface area contributed by atoms with Crippen molar-refractivity contribution in [2.75, 3.05) is 13.1 Å². The van der Waals surface area contributed by atoms with Gasteiger partial charge >= 0.3 is 5.97 Å². The standard InChI is InChI=1S/C13H14ClNO3/c1-2-15(9-13(17)18)12(16)8-7-10-5-3-4-6-11(10)14/h3-8H,2,9H2,1H3,(H,17,18)/b8-7+. The number of carboxylic acid groups (broad SMARTS) is 1. The van der Waals surface area contributed by atoms with Crippen molar-refractivity contribution in [3.63, 3.8) is 0 Å². The van der Waals surface area contributed by atoms with E-state index in [1.807, 2.05) is 6.07 Å². The van der Waals surface area contributed by atoms with Crippen molar-refractivity contribution >= 4 is 29.6 Å². The Bertz CT molecular complexity index is 471. The van der Waals surface area contributed by atoms with Crippen molar-refractivity contribution in [1.29, 1.82) is 0 Å². The molecule has 0 saturated carbocycles. The van der Waals surface area contributed by atoms with Gasteiger partial charge in [0.25, 0.3) is 0 Å². The van der Waals surface area contributed by atoms with Crippen LogP contribution in [0.25, 0.3) is 6.08 Å². The van der Waals surface area contributed by atoms with Crippen molar-refractivity contribution in [1.82, 2.24) is 4.90 Å². The van der Waals surface area contributed by atoms with Gasteiger partial charge in [0, 0.05) is 17.6 Å². The summed E-state index contributed by atoms with van der Waals surface area (Å²) in [5.41, 5.74) is 0.721. The van der Waals surface area contributed by atoms with Crippen LogP contribution in [-0.2, 0) is 9.59 Å². The Morgan fingerprint density at radius 3 is 2.61 bits per heavy atom. The summed E-state index contributed by atoms with van der Waals surface area (Å²) < 4.78 is 0. The van der Waals surface area contributed by atoms with Gasteiger partial charge in [0.2, 0.25) is 5.91 Å². The number of hydrogen-bond donors (Lipinski definition) is 1. The number of likely N-dealkylation sites (N-methyl/N-ethyl adjacent to an activating group) is 1. The maximum atomic E-state index is 11.7. The quantitative estimate of drug-likeness (QED) is 0.833. The molecule has 1 amide bonds. The minimum atomic E-state index is -1.03. The number of hydrogen-bond acceptors (Lipinski definition) is 2. The molecule has 0 aromatic heterocycles. The predicted molar refractivity (Wildman–Crippen MR) is 70.4 cm³/mol. The van der Waals surface area contributed by atoms with Gasteiger partial charge in [-0.15, -0.1) is 0 Å². The number of halogens is 1. The fraction of sp³-hybridized carbons (Fsp3) is 0.231. The van der Waals surface area contributed by atoms with Crippen LogP contribution in [0.15, 0.2) is 30.3 Å². The molecule has 1 aromatic carbocycles. The SMILES string of the molecule is CCN(CC(=O)O)C(=O)/C=C/c1ccccc1Cl. The van der Waals surface area contributed by atoms with Crippen LogP contribution in [0.3, 0.4) is 0 Å². The monoisotopic (exact) mass is 267 g/mol. The van der Waals surface area contributed by atoms with Crippen LogP contribution in [0.1, 0.15) is 12.5 Å². The number of amides is 1. The van der Waals surface area contributed by atoms with Gasteiger partial charge in [-0.25, -0.2) is 0 Å². The van der Waals surface area contributed by atoms with Gasteiger partial charge in [-0.1, -0.05) is 29.8 Å². The van der Waals surface area contributed by atoms with E-state index < -0.39 is 5.97 Å². The summed E-state index contributed by atoms with van der Waals surface area (Å²) in [5.74, 6) is -1.38. The van der Waals surface area contributed by atoms with Crippen molar-refractivity contribution in [2.45, 2.75) is 6.92 Å². The number of nitrogens with zero attached hydrogens (tertiary/aromatic N) is 1. The molecule has 0 saturated heterocycles. The van der Waals surface area contributed by atoms with E-state index in [4.69, 9.17) is 16.7 Å².